The van der Waals surface area contributed by atoms with Crippen LogP contribution in [0.25, 0.3) is 0 Å². The van der Waals surface area contributed by atoms with E-state index in [-0.39, 0.29) is 18.0 Å². The van der Waals surface area contributed by atoms with Crippen molar-refractivity contribution in [3.8, 4) is 0 Å². The maximum atomic E-state index is 6.51. The minimum absolute atomic E-state index is 0.0189. The smallest absolute Gasteiger partial charge is 0.407 e. The lowest BCUT2D eigenvalue weighted by atomic mass is 9.50. The van der Waals surface area contributed by atoms with Crippen molar-refractivity contribution in [2.75, 3.05) is 0 Å². The van der Waals surface area contributed by atoms with Crippen molar-refractivity contribution in [3.05, 3.63) is 0 Å². The monoisotopic (exact) mass is 270 g/mol. The summed E-state index contributed by atoms with van der Waals surface area (Å²) in [5, 5.41) is -0.0189. The molecule has 2 nitrogen and oxygen atoms in total. The van der Waals surface area contributed by atoms with E-state index in [2.05, 4.69) is 27.7 Å². The minimum atomic E-state index is -0.207. The first-order chi connectivity index (χ1) is 8.41. The zero-order valence-electron chi connectivity index (χ0n) is 11.9. The molecule has 2 heterocycles. The molecule has 2 aliphatic heterocycles. The van der Waals surface area contributed by atoms with Crippen LogP contribution < -0.4 is 0 Å². The summed E-state index contributed by atoms with van der Waals surface area (Å²) in [4.78, 5) is 0. The van der Waals surface area contributed by atoms with Crippen LogP contribution in [0.4, 0.5) is 0 Å². The van der Waals surface area contributed by atoms with Crippen LogP contribution >= 0.6 is 11.6 Å². The topological polar surface area (TPSA) is 18.5 Å². The maximum absolute atomic E-state index is 6.51. The highest BCUT2D eigenvalue weighted by atomic mass is 35.5. The summed E-state index contributed by atoms with van der Waals surface area (Å²) in [7, 11) is -0.207. The van der Waals surface area contributed by atoms with Gasteiger partial charge in [0, 0.05) is 6.10 Å². The van der Waals surface area contributed by atoms with E-state index < -0.39 is 0 Å². The first-order valence-electron chi connectivity index (χ1n) is 7.39. The average molecular weight is 271 g/mol. The highest BCUT2D eigenvalue weighted by molar-refractivity contribution is 6.59. The third kappa shape index (κ3) is 1.85. The van der Waals surface area contributed by atoms with Crippen LogP contribution in [0.5, 0.6) is 0 Å². The molecule has 0 aromatic rings. The largest absolute Gasteiger partial charge is 0.476 e. The fourth-order valence-electron chi connectivity index (χ4n) is 4.27. The second-order valence-corrected chi connectivity index (χ2v) is 7.68. The summed E-state index contributed by atoms with van der Waals surface area (Å²) in [6.45, 7) is 8.99. The van der Waals surface area contributed by atoms with Crippen LogP contribution in [-0.4, -0.2) is 24.1 Å². The Hall–Kier alpha value is 0.275. The quantitative estimate of drug-likeness (QED) is 0.577. The molecule has 2 saturated heterocycles. The first-order valence-corrected chi connectivity index (χ1v) is 7.82. The Labute approximate surface area is 116 Å². The van der Waals surface area contributed by atoms with E-state index in [1.54, 1.807) is 0 Å². The second kappa shape index (κ2) is 4.39. The lowest BCUT2D eigenvalue weighted by Crippen LogP contribution is -2.62. The molecule has 18 heavy (non-hydrogen) atoms. The van der Waals surface area contributed by atoms with Gasteiger partial charge in [0.25, 0.3) is 0 Å². The Kier molecular flexibility index (Phi) is 3.24. The van der Waals surface area contributed by atoms with E-state index in [1.807, 2.05) is 0 Å². The van der Waals surface area contributed by atoms with Crippen LogP contribution in [0, 0.1) is 23.7 Å². The molecule has 0 radical (unpaired) electrons. The van der Waals surface area contributed by atoms with Gasteiger partial charge in [-0.1, -0.05) is 20.8 Å². The van der Waals surface area contributed by atoms with Crippen molar-refractivity contribution in [3.63, 3.8) is 0 Å². The summed E-state index contributed by atoms with van der Waals surface area (Å²) in [5.74, 6) is 2.57. The van der Waals surface area contributed by atoms with Crippen LogP contribution in [0.3, 0.4) is 0 Å². The van der Waals surface area contributed by atoms with E-state index >= 15 is 0 Å². The van der Waals surface area contributed by atoms with E-state index in [0.717, 1.165) is 12.8 Å². The normalized spacial score (nSPS) is 48.0. The molecule has 3 saturated carbocycles. The van der Waals surface area contributed by atoms with Crippen LogP contribution in [0.15, 0.2) is 0 Å². The van der Waals surface area contributed by atoms with Crippen molar-refractivity contribution < 1.29 is 9.31 Å². The molecule has 0 spiro atoms. The van der Waals surface area contributed by atoms with Crippen LogP contribution in [0.1, 0.15) is 47.0 Å². The first kappa shape index (κ1) is 13.3. The number of hydrogen-bond acceptors (Lipinski definition) is 2. The number of hydrogen-bond donors (Lipinski definition) is 0. The lowest BCUT2D eigenvalue weighted by Gasteiger charge is -2.60. The second-order valence-electron chi connectivity index (χ2n) is 7.12. The lowest BCUT2D eigenvalue weighted by molar-refractivity contribution is -0.170. The van der Waals surface area contributed by atoms with Gasteiger partial charge in [-0.05, 0) is 49.9 Å². The summed E-state index contributed by atoms with van der Waals surface area (Å²) in [6, 6.07) is 0. The Morgan fingerprint density at radius 1 is 1.39 bits per heavy atom. The highest BCUT2D eigenvalue weighted by Gasteiger charge is 2.64. The van der Waals surface area contributed by atoms with Crippen molar-refractivity contribution in [1.82, 2.24) is 0 Å². The molecule has 5 rings (SSSR count). The fraction of sp³-hybridized carbons (Fsp3) is 1.00. The van der Waals surface area contributed by atoms with Gasteiger partial charge in [-0.2, -0.15) is 0 Å². The van der Waals surface area contributed by atoms with Crippen LogP contribution in [-0.2, 0) is 9.31 Å². The molecule has 6 atom stereocenters. The molecule has 4 heteroatoms. The summed E-state index contributed by atoms with van der Waals surface area (Å²) >= 11 is 6.51. The van der Waals surface area contributed by atoms with Gasteiger partial charge >= 0.3 is 7.12 Å². The molecule has 0 N–H and O–H groups in total. The van der Waals surface area contributed by atoms with E-state index in [1.165, 1.54) is 6.42 Å². The average Bonchev–Trinajstić information content (AvgIpc) is 2.42. The number of fused-ring (bicyclic) bond motifs is 2. The predicted molar refractivity (Wildman–Crippen MR) is 74.6 cm³/mol. The van der Waals surface area contributed by atoms with Gasteiger partial charge in [-0.3, -0.25) is 0 Å². The molecule has 0 aromatic heterocycles. The Balaban J connectivity index is 1.76. The van der Waals surface area contributed by atoms with Gasteiger partial charge < -0.3 is 9.31 Å². The summed E-state index contributed by atoms with van der Waals surface area (Å²) in [6.07, 6.45) is 3.80. The van der Waals surface area contributed by atoms with Crippen LogP contribution in [0.2, 0.25) is 0 Å². The molecule has 0 aromatic carbocycles. The maximum Gasteiger partial charge on any atom is 0.476 e. The third-order valence-corrected chi connectivity index (χ3v) is 5.88. The van der Waals surface area contributed by atoms with Gasteiger partial charge in [-0.25, -0.2) is 0 Å². The minimum Gasteiger partial charge on any atom is -0.407 e. The highest BCUT2D eigenvalue weighted by Crippen LogP contribution is 2.60. The van der Waals surface area contributed by atoms with Crippen molar-refractivity contribution in [2.24, 2.45) is 23.7 Å². The van der Waals surface area contributed by atoms with Gasteiger partial charge in [-0.15, -0.1) is 11.6 Å². The zero-order chi connectivity index (χ0) is 13.1. The van der Waals surface area contributed by atoms with Crippen molar-refractivity contribution in [2.45, 2.75) is 63.9 Å². The Morgan fingerprint density at radius 3 is 2.72 bits per heavy atom. The van der Waals surface area contributed by atoms with Gasteiger partial charge in [0.05, 0.1) is 10.9 Å². The molecule has 4 bridgehead atoms. The molecule has 0 amide bonds. The van der Waals surface area contributed by atoms with Crippen molar-refractivity contribution in [1.29, 1.82) is 0 Å². The molecule has 3 aliphatic carbocycles. The standard InChI is InChI=1S/C14H24BClO2/c1-8(2)5-13(16)15-17-12-7-10-6-11(9(12)3)14(10,4)18-15/h8-13H,5-7H2,1-4H3/t9?,10?,11?,12-,13-,14?/m1/s1. The molecule has 5 aliphatic rings. The predicted octanol–water partition coefficient (Wildman–Crippen LogP) is 3.52. The SMILES string of the molecule is CC(C)C[C@@H](Cl)B1O[C@@H]2CC3CC(C2C)C3(C)O1. The van der Waals surface area contributed by atoms with E-state index in [0.29, 0.717) is 29.8 Å². The number of rotatable bonds is 3. The van der Waals surface area contributed by atoms with Gasteiger partial charge in [0.1, 0.15) is 0 Å². The van der Waals surface area contributed by atoms with E-state index in [4.69, 9.17) is 20.9 Å². The molecule has 5 fully saturated rings. The summed E-state index contributed by atoms with van der Waals surface area (Å²) in [5.41, 5.74) is 0.0290. The molecular formula is C14H24BClO2. The van der Waals surface area contributed by atoms with Gasteiger partial charge in [0.2, 0.25) is 0 Å². The third-order valence-electron chi connectivity index (χ3n) is 5.49. The molecule has 102 valence electrons. The molecule has 4 unspecified atom stereocenters. The Morgan fingerprint density at radius 2 is 2.11 bits per heavy atom. The van der Waals surface area contributed by atoms with Crippen molar-refractivity contribution >= 4 is 18.7 Å². The van der Waals surface area contributed by atoms with Gasteiger partial charge in [0.15, 0.2) is 0 Å². The number of alkyl halides is 1. The Bertz CT molecular complexity index is 338. The van der Waals surface area contributed by atoms with E-state index in [9.17, 15) is 0 Å². The zero-order valence-corrected chi connectivity index (χ0v) is 12.6. The molecular weight excluding hydrogens is 246 g/mol. The number of halogens is 1. The summed E-state index contributed by atoms with van der Waals surface area (Å²) < 4.78 is 12.5. The fourth-order valence-corrected chi connectivity index (χ4v) is 4.74.